The SMILES string of the molecule is C=C(CC)c1ccc(CN(c2ccc3c(c2)CB(C#N)C3)S(C)=O)nc1. The van der Waals surface area contributed by atoms with Gasteiger partial charge < -0.3 is 0 Å². The van der Waals surface area contributed by atoms with Gasteiger partial charge >= 0.3 is 0 Å². The summed E-state index contributed by atoms with van der Waals surface area (Å²) in [5.74, 6) is 2.35. The normalized spacial score (nSPS) is 13.8. The summed E-state index contributed by atoms with van der Waals surface area (Å²) < 4.78 is 14.2. The van der Waals surface area contributed by atoms with Gasteiger partial charge in [0.1, 0.15) is 11.0 Å². The molecule has 26 heavy (non-hydrogen) atoms. The van der Waals surface area contributed by atoms with E-state index in [0.29, 0.717) is 6.54 Å². The number of nitrogens with zero attached hydrogens (tertiary/aromatic N) is 3. The minimum Gasteiger partial charge on any atom is -0.286 e. The van der Waals surface area contributed by atoms with Gasteiger partial charge in [0.05, 0.1) is 12.2 Å². The maximum atomic E-state index is 12.3. The summed E-state index contributed by atoms with van der Waals surface area (Å²) in [6.07, 6.45) is 5.99. The first-order valence-electron chi connectivity index (χ1n) is 8.77. The molecular weight excluding hydrogens is 341 g/mol. The second-order valence-corrected chi connectivity index (χ2v) is 7.93. The Morgan fingerprint density at radius 3 is 2.73 bits per heavy atom. The maximum Gasteiger partial charge on any atom is 0.276 e. The zero-order valence-corrected chi connectivity index (χ0v) is 16.1. The molecule has 0 spiro atoms. The van der Waals surface area contributed by atoms with E-state index >= 15 is 0 Å². The Balaban J connectivity index is 1.82. The van der Waals surface area contributed by atoms with Crippen LogP contribution in [-0.4, -0.2) is 22.2 Å². The van der Waals surface area contributed by atoms with Crippen molar-refractivity contribution in [2.24, 2.45) is 0 Å². The van der Waals surface area contributed by atoms with Crippen LogP contribution in [0.25, 0.3) is 5.57 Å². The summed E-state index contributed by atoms with van der Waals surface area (Å²) >= 11 is 0. The topological polar surface area (TPSA) is 57.0 Å². The standard InChI is InChI=1S/C20H22BN3OS/c1-4-15(2)17-5-7-19(23-12-17)13-24(26(3)25)20-8-6-16-10-21(14-22)11-18(16)9-20/h5-9,12H,2,4,10-11,13H2,1,3H3. The van der Waals surface area contributed by atoms with Crippen LogP contribution in [-0.2, 0) is 30.2 Å². The highest BCUT2D eigenvalue weighted by Gasteiger charge is 2.26. The molecule has 2 heterocycles. The zero-order chi connectivity index (χ0) is 18.7. The van der Waals surface area contributed by atoms with E-state index in [2.05, 4.69) is 36.6 Å². The van der Waals surface area contributed by atoms with Crippen molar-refractivity contribution in [1.29, 1.82) is 5.26 Å². The zero-order valence-electron chi connectivity index (χ0n) is 15.2. The van der Waals surface area contributed by atoms with E-state index in [0.717, 1.165) is 41.6 Å². The Bertz CT molecular complexity index is 889. The highest BCUT2D eigenvalue weighted by Crippen LogP contribution is 2.28. The lowest BCUT2D eigenvalue weighted by molar-refractivity contribution is 0.682. The lowest BCUT2D eigenvalue weighted by Gasteiger charge is -2.22. The summed E-state index contributed by atoms with van der Waals surface area (Å²) in [4.78, 5) is 4.51. The van der Waals surface area contributed by atoms with Crippen molar-refractivity contribution in [2.45, 2.75) is 32.5 Å². The molecule has 1 unspecified atom stereocenters. The predicted octanol–water partition coefficient (Wildman–Crippen LogP) is 3.54. The van der Waals surface area contributed by atoms with Crippen LogP contribution in [0.5, 0.6) is 0 Å². The fraction of sp³-hybridized carbons (Fsp3) is 0.300. The fourth-order valence-corrected chi connectivity index (χ4v) is 3.98. The van der Waals surface area contributed by atoms with Crippen LogP contribution >= 0.6 is 0 Å². The van der Waals surface area contributed by atoms with Crippen molar-refractivity contribution in [1.82, 2.24) is 4.98 Å². The van der Waals surface area contributed by atoms with E-state index in [9.17, 15) is 4.21 Å². The van der Waals surface area contributed by atoms with Crippen molar-refractivity contribution in [3.05, 3.63) is 65.5 Å². The molecule has 1 aliphatic rings. The van der Waals surface area contributed by atoms with Crippen LogP contribution in [0.2, 0.25) is 0 Å². The first-order valence-corrected chi connectivity index (χ1v) is 10.3. The van der Waals surface area contributed by atoms with Crippen LogP contribution in [0.15, 0.2) is 43.1 Å². The number of aromatic nitrogens is 1. The maximum absolute atomic E-state index is 12.3. The first-order chi connectivity index (χ1) is 12.5. The van der Waals surface area contributed by atoms with E-state index in [1.165, 1.54) is 11.1 Å². The molecule has 0 fully saturated rings. The number of fused-ring (bicyclic) bond motifs is 1. The van der Waals surface area contributed by atoms with E-state index in [4.69, 9.17) is 5.26 Å². The van der Waals surface area contributed by atoms with Gasteiger partial charge in [-0.05, 0) is 54.0 Å². The van der Waals surface area contributed by atoms with Gasteiger partial charge in [-0.1, -0.05) is 31.2 Å². The number of allylic oxidation sites excluding steroid dienone is 1. The van der Waals surface area contributed by atoms with Gasteiger partial charge in [0, 0.05) is 24.1 Å². The Labute approximate surface area is 158 Å². The molecular formula is C20H22BN3OS. The van der Waals surface area contributed by atoms with Gasteiger partial charge in [0.25, 0.3) is 6.71 Å². The van der Waals surface area contributed by atoms with Crippen LogP contribution in [0.3, 0.4) is 0 Å². The third-order valence-corrected chi connectivity index (χ3v) is 5.83. The molecule has 1 aromatic heterocycles. The van der Waals surface area contributed by atoms with Gasteiger partial charge in [0.2, 0.25) is 0 Å². The first kappa shape index (κ1) is 18.4. The average Bonchev–Trinajstić information content (AvgIpc) is 3.08. The van der Waals surface area contributed by atoms with Crippen molar-refractivity contribution >= 4 is 29.0 Å². The number of benzene rings is 1. The van der Waals surface area contributed by atoms with Crippen molar-refractivity contribution in [3.63, 3.8) is 0 Å². The average molecular weight is 363 g/mol. The van der Waals surface area contributed by atoms with Crippen LogP contribution < -0.4 is 4.31 Å². The lowest BCUT2D eigenvalue weighted by atomic mass is 9.49. The monoisotopic (exact) mass is 363 g/mol. The summed E-state index contributed by atoms with van der Waals surface area (Å²) in [5.41, 5.74) is 6.29. The lowest BCUT2D eigenvalue weighted by Crippen LogP contribution is -2.24. The van der Waals surface area contributed by atoms with Crippen LogP contribution in [0.1, 0.15) is 35.7 Å². The molecule has 0 saturated heterocycles. The van der Waals surface area contributed by atoms with Gasteiger partial charge in [-0.25, -0.2) is 9.47 Å². The molecule has 0 bridgehead atoms. The summed E-state index contributed by atoms with van der Waals surface area (Å²) in [5, 5.41) is 9.16. The quantitative estimate of drug-likeness (QED) is 0.738. The van der Waals surface area contributed by atoms with E-state index in [1.54, 1.807) is 6.26 Å². The van der Waals surface area contributed by atoms with E-state index in [1.807, 2.05) is 28.7 Å². The number of nitriles is 1. The number of anilines is 1. The number of hydrogen-bond acceptors (Lipinski definition) is 3. The molecule has 1 aliphatic heterocycles. The van der Waals surface area contributed by atoms with Gasteiger partial charge in [-0.2, -0.15) is 0 Å². The molecule has 0 amide bonds. The molecule has 0 aliphatic carbocycles. The van der Waals surface area contributed by atoms with Crippen molar-refractivity contribution in [3.8, 4) is 5.97 Å². The second-order valence-electron chi connectivity index (χ2n) is 6.64. The molecule has 0 N–H and O–H groups in total. The molecule has 0 saturated carbocycles. The smallest absolute Gasteiger partial charge is 0.276 e. The fourth-order valence-electron chi connectivity index (χ4n) is 3.26. The Morgan fingerprint density at radius 1 is 1.35 bits per heavy atom. The molecule has 2 aromatic rings. The summed E-state index contributed by atoms with van der Waals surface area (Å²) in [7, 11) is -1.17. The molecule has 1 aromatic carbocycles. The highest BCUT2D eigenvalue weighted by molar-refractivity contribution is 7.85. The Morgan fingerprint density at radius 2 is 2.12 bits per heavy atom. The minimum atomic E-state index is -1.17. The minimum absolute atomic E-state index is 0.0571. The Hall–Kier alpha value is -2.39. The van der Waals surface area contributed by atoms with Crippen LogP contribution in [0.4, 0.5) is 5.69 Å². The largest absolute Gasteiger partial charge is 0.286 e. The highest BCUT2D eigenvalue weighted by atomic mass is 32.2. The van der Waals surface area contributed by atoms with E-state index < -0.39 is 11.0 Å². The molecule has 1 atom stereocenters. The Kier molecular flexibility index (Phi) is 5.58. The summed E-state index contributed by atoms with van der Waals surface area (Å²) in [6.45, 7) is 6.64. The second kappa shape index (κ2) is 7.88. The molecule has 132 valence electrons. The predicted molar refractivity (Wildman–Crippen MR) is 109 cm³/mol. The van der Waals surface area contributed by atoms with Crippen molar-refractivity contribution in [2.75, 3.05) is 10.6 Å². The third kappa shape index (κ3) is 3.89. The molecule has 6 heteroatoms. The number of rotatable bonds is 6. The molecule has 4 nitrogen and oxygen atoms in total. The van der Waals surface area contributed by atoms with Crippen molar-refractivity contribution < 1.29 is 4.21 Å². The number of hydrogen-bond donors (Lipinski definition) is 0. The van der Waals surface area contributed by atoms with E-state index in [-0.39, 0.29) is 6.71 Å². The molecule has 0 radical (unpaired) electrons. The molecule has 3 rings (SSSR count). The number of pyridine rings is 1. The summed E-state index contributed by atoms with van der Waals surface area (Å²) in [6, 6.07) is 10.1. The van der Waals surface area contributed by atoms with Gasteiger partial charge in [-0.15, -0.1) is 0 Å². The van der Waals surface area contributed by atoms with Gasteiger partial charge in [-0.3, -0.25) is 9.29 Å². The third-order valence-electron chi connectivity index (χ3n) is 4.87. The van der Waals surface area contributed by atoms with Crippen LogP contribution in [0, 0.1) is 11.2 Å². The van der Waals surface area contributed by atoms with Gasteiger partial charge in [0.15, 0.2) is 0 Å².